The molecule has 2 aromatic rings. The van der Waals surface area contributed by atoms with E-state index in [1.807, 2.05) is 30.3 Å². The first-order valence-electron chi connectivity index (χ1n) is 8.65. The molecule has 4 N–H and O–H groups in total. The number of carbonyl (C=O) groups excluding carboxylic acids is 1. The third-order valence-corrected chi connectivity index (χ3v) is 6.27. The van der Waals surface area contributed by atoms with E-state index in [2.05, 4.69) is 10.0 Å². The highest BCUT2D eigenvalue weighted by Crippen LogP contribution is 2.44. The summed E-state index contributed by atoms with van der Waals surface area (Å²) in [6.07, 6.45) is 2.58. The van der Waals surface area contributed by atoms with Crippen LogP contribution in [0.2, 0.25) is 0 Å². The quantitative estimate of drug-likeness (QED) is 0.653. The summed E-state index contributed by atoms with van der Waals surface area (Å²) in [5, 5.41) is 2.90. The van der Waals surface area contributed by atoms with E-state index < -0.39 is 15.4 Å². The molecule has 0 saturated heterocycles. The number of benzene rings is 2. The molecule has 1 aliphatic carbocycles. The van der Waals surface area contributed by atoms with E-state index in [4.69, 9.17) is 5.73 Å². The molecule has 0 atom stereocenters. The molecule has 2 aromatic carbocycles. The molecule has 1 amide bonds. The summed E-state index contributed by atoms with van der Waals surface area (Å²) in [6.45, 7) is 0.380. The number of rotatable bonds is 7. The van der Waals surface area contributed by atoms with Gasteiger partial charge in [-0.25, -0.2) is 13.1 Å². The van der Waals surface area contributed by atoms with Crippen molar-refractivity contribution in [2.45, 2.75) is 29.6 Å². The molecule has 27 heavy (non-hydrogen) atoms. The lowest BCUT2D eigenvalue weighted by Crippen LogP contribution is -2.46. The number of nitrogens with one attached hydrogen (secondary N) is 2. The molecule has 1 aliphatic rings. The van der Waals surface area contributed by atoms with Crippen molar-refractivity contribution in [1.29, 1.82) is 0 Å². The van der Waals surface area contributed by atoms with Crippen LogP contribution >= 0.6 is 12.4 Å². The molecular weight excluding hydrogens is 386 g/mol. The first-order valence-corrected chi connectivity index (χ1v) is 10.1. The fraction of sp³-hybridized carbons (Fsp3) is 0.316. The van der Waals surface area contributed by atoms with Gasteiger partial charge in [-0.2, -0.15) is 0 Å². The molecule has 0 radical (unpaired) electrons. The maximum Gasteiger partial charge on any atom is 0.240 e. The smallest absolute Gasteiger partial charge is 0.240 e. The Morgan fingerprint density at radius 3 is 2.37 bits per heavy atom. The van der Waals surface area contributed by atoms with Crippen LogP contribution in [-0.4, -0.2) is 27.4 Å². The van der Waals surface area contributed by atoms with Gasteiger partial charge in [0.05, 0.1) is 10.3 Å². The molecule has 0 aromatic heterocycles. The van der Waals surface area contributed by atoms with Crippen LogP contribution in [0, 0.1) is 0 Å². The lowest BCUT2D eigenvalue weighted by molar-refractivity contribution is -0.124. The molecule has 0 unspecified atom stereocenters. The zero-order valence-corrected chi connectivity index (χ0v) is 16.5. The highest BCUT2D eigenvalue weighted by molar-refractivity contribution is 7.89. The van der Waals surface area contributed by atoms with Crippen molar-refractivity contribution in [3.05, 3.63) is 60.2 Å². The third kappa shape index (κ3) is 4.50. The van der Waals surface area contributed by atoms with Crippen molar-refractivity contribution in [3.63, 3.8) is 0 Å². The van der Waals surface area contributed by atoms with E-state index in [0.29, 0.717) is 5.69 Å². The van der Waals surface area contributed by atoms with Gasteiger partial charge in [-0.3, -0.25) is 4.79 Å². The average Bonchev–Trinajstić information content (AvgIpc) is 2.60. The van der Waals surface area contributed by atoms with Crippen LogP contribution in [0.4, 0.5) is 5.69 Å². The van der Waals surface area contributed by atoms with Gasteiger partial charge < -0.3 is 11.1 Å². The van der Waals surface area contributed by atoms with Gasteiger partial charge in [0, 0.05) is 18.8 Å². The summed E-state index contributed by atoms with van der Waals surface area (Å²) in [7, 11) is -3.64. The highest BCUT2D eigenvalue weighted by atomic mass is 35.5. The van der Waals surface area contributed by atoms with Gasteiger partial charge in [0.15, 0.2) is 0 Å². The number of carbonyl (C=O) groups is 1. The standard InChI is InChI=1S/C19H23N3O3S.ClH/c20-12-13-21-26(24,25)17-9-4-8-16(14-17)22-18(23)19(10-5-11-19)15-6-2-1-3-7-15;/h1-4,6-9,14,21H,5,10-13,20H2,(H,22,23);1H. The molecule has 1 fully saturated rings. The van der Waals surface area contributed by atoms with Gasteiger partial charge in [-0.05, 0) is 36.6 Å². The predicted octanol–water partition coefficient (Wildman–Crippen LogP) is 2.41. The minimum atomic E-state index is -3.64. The second-order valence-electron chi connectivity index (χ2n) is 6.47. The Balaban J connectivity index is 0.00000261. The SMILES string of the molecule is Cl.NCCNS(=O)(=O)c1cccc(NC(=O)C2(c3ccccc3)CCC2)c1. The van der Waals surface area contributed by atoms with Gasteiger partial charge in [0.2, 0.25) is 15.9 Å². The topological polar surface area (TPSA) is 101 Å². The maximum absolute atomic E-state index is 13.0. The van der Waals surface area contributed by atoms with Crippen LogP contribution in [0.25, 0.3) is 0 Å². The number of nitrogens with two attached hydrogens (primary N) is 1. The Morgan fingerprint density at radius 1 is 1.07 bits per heavy atom. The second-order valence-corrected chi connectivity index (χ2v) is 8.24. The van der Waals surface area contributed by atoms with Crippen LogP contribution in [-0.2, 0) is 20.2 Å². The van der Waals surface area contributed by atoms with E-state index in [9.17, 15) is 13.2 Å². The number of anilines is 1. The highest BCUT2D eigenvalue weighted by Gasteiger charge is 2.45. The second kappa shape index (κ2) is 8.84. The summed E-state index contributed by atoms with van der Waals surface area (Å²) in [5.74, 6) is -0.0978. The Morgan fingerprint density at radius 2 is 1.78 bits per heavy atom. The van der Waals surface area contributed by atoms with Crippen molar-refractivity contribution in [2.24, 2.45) is 5.73 Å². The summed E-state index contributed by atoms with van der Waals surface area (Å²) in [4.78, 5) is 13.1. The van der Waals surface area contributed by atoms with Gasteiger partial charge in [0.1, 0.15) is 0 Å². The fourth-order valence-electron chi connectivity index (χ4n) is 3.20. The first-order chi connectivity index (χ1) is 12.5. The van der Waals surface area contributed by atoms with Crippen LogP contribution < -0.4 is 15.8 Å². The van der Waals surface area contributed by atoms with E-state index in [1.165, 1.54) is 12.1 Å². The summed E-state index contributed by atoms with van der Waals surface area (Å²) >= 11 is 0. The predicted molar refractivity (Wildman–Crippen MR) is 109 cm³/mol. The summed E-state index contributed by atoms with van der Waals surface area (Å²) in [5.41, 5.74) is 6.28. The van der Waals surface area contributed by atoms with E-state index in [1.54, 1.807) is 12.1 Å². The minimum Gasteiger partial charge on any atom is -0.329 e. The third-order valence-electron chi connectivity index (χ3n) is 4.81. The minimum absolute atomic E-state index is 0. The molecular formula is C19H24ClN3O3S. The number of hydrogen-bond acceptors (Lipinski definition) is 4. The summed E-state index contributed by atoms with van der Waals surface area (Å²) in [6, 6.07) is 16.0. The number of hydrogen-bond donors (Lipinski definition) is 3. The van der Waals surface area contributed by atoms with Crippen LogP contribution in [0.1, 0.15) is 24.8 Å². The van der Waals surface area contributed by atoms with Crippen LogP contribution in [0.3, 0.4) is 0 Å². The number of amides is 1. The molecule has 6 nitrogen and oxygen atoms in total. The molecule has 0 aliphatic heterocycles. The molecule has 3 rings (SSSR count). The van der Waals surface area contributed by atoms with Crippen molar-refractivity contribution >= 4 is 34.0 Å². The Bertz CT molecular complexity index is 884. The molecule has 0 spiro atoms. The lowest BCUT2D eigenvalue weighted by atomic mass is 9.64. The average molecular weight is 410 g/mol. The molecule has 146 valence electrons. The molecule has 0 heterocycles. The van der Waals surface area contributed by atoms with Gasteiger partial charge >= 0.3 is 0 Å². The van der Waals surface area contributed by atoms with E-state index >= 15 is 0 Å². The van der Waals surface area contributed by atoms with Crippen molar-refractivity contribution in [3.8, 4) is 0 Å². The maximum atomic E-state index is 13.0. The Hall–Kier alpha value is -1.93. The van der Waals surface area contributed by atoms with E-state index in [-0.39, 0.29) is 36.3 Å². The number of sulfonamides is 1. The van der Waals surface area contributed by atoms with Crippen molar-refractivity contribution < 1.29 is 13.2 Å². The molecule has 1 saturated carbocycles. The van der Waals surface area contributed by atoms with Gasteiger partial charge in [-0.15, -0.1) is 12.4 Å². The molecule has 8 heteroatoms. The summed E-state index contributed by atoms with van der Waals surface area (Å²) < 4.78 is 26.9. The zero-order valence-electron chi connectivity index (χ0n) is 14.9. The first kappa shape index (κ1) is 21.4. The largest absolute Gasteiger partial charge is 0.329 e. The fourth-order valence-corrected chi connectivity index (χ4v) is 4.30. The van der Waals surface area contributed by atoms with Crippen molar-refractivity contribution in [2.75, 3.05) is 18.4 Å². The monoisotopic (exact) mass is 409 g/mol. The lowest BCUT2D eigenvalue weighted by Gasteiger charge is -2.40. The van der Waals surface area contributed by atoms with Crippen LogP contribution in [0.5, 0.6) is 0 Å². The Labute approximate surface area is 166 Å². The van der Waals surface area contributed by atoms with Gasteiger partial charge in [0.25, 0.3) is 0 Å². The van der Waals surface area contributed by atoms with Gasteiger partial charge in [-0.1, -0.05) is 42.8 Å². The molecule has 0 bridgehead atoms. The van der Waals surface area contributed by atoms with Crippen molar-refractivity contribution in [1.82, 2.24) is 4.72 Å². The number of halogens is 1. The normalized spacial score (nSPS) is 15.3. The Kier molecular flexibility index (Phi) is 7.00. The van der Waals surface area contributed by atoms with E-state index in [0.717, 1.165) is 24.8 Å². The zero-order chi connectivity index (χ0) is 18.6. The van der Waals surface area contributed by atoms with Crippen LogP contribution in [0.15, 0.2) is 59.5 Å².